The number of aryl methyl sites for hydroxylation is 1. The minimum Gasteiger partial charge on any atom is -0.431 e. The maximum absolute atomic E-state index is 13.5. The van der Waals surface area contributed by atoms with Gasteiger partial charge >= 0.3 is 0 Å². The monoisotopic (exact) mass is 472 g/mol. The largest absolute Gasteiger partial charge is 0.431 e. The van der Waals surface area contributed by atoms with E-state index in [-0.39, 0.29) is 17.1 Å². The van der Waals surface area contributed by atoms with E-state index < -0.39 is 0 Å². The predicted octanol–water partition coefficient (Wildman–Crippen LogP) is 5.01. The standard InChI is InChI=1S/C26H24N4O3S/c1-16-14-20(22(31)15-34-26-27-21-12-8-9-13-23(21)33-26)17(2)29(16)24-18(3)28(4)30(25(24)32)19-10-6-5-7-11-19/h5-14H,15H2,1-4H3. The molecule has 3 heterocycles. The van der Waals surface area contributed by atoms with Gasteiger partial charge in [-0.1, -0.05) is 42.1 Å². The van der Waals surface area contributed by atoms with Crippen LogP contribution in [0.5, 0.6) is 0 Å². The summed E-state index contributed by atoms with van der Waals surface area (Å²) in [5.41, 5.74) is 5.66. The van der Waals surface area contributed by atoms with Gasteiger partial charge in [0.25, 0.3) is 10.8 Å². The molecule has 8 heteroatoms. The van der Waals surface area contributed by atoms with Crippen molar-refractivity contribution in [2.24, 2.45) is 7.05 Å². The lowest BCUT2D eigenvalue weighted by molar-refractivity contribution is 0.102. The van der Waals surface area contributed by atoms with Gasteiger partial charge in [-0.25, -0.2) is 9.67 Å². The molecule has 34 heavy (non-hydrogen) atoms. The van der Waals surface area contributed by atoms with Crippen LogP contribution in [0, 0.1) is 20.8 Å². The average molecular weight is 473 g/mol. The summed E-state index contributed by atoms with van der Waals surface area (Å²) in [5, 5.41) is 0.466. The second kappa shape index (κ2) is 8.53. The second-order valence-electron chi connectivity index (χ2n) is 8.19. The molecule has 172 valence electrons. The molecule has 0 aliphatic heterocycles. The van der Waals surface area contributed by atoms with E-state index in [0.29, 0.717) is 22.1 Å². The molecule has 0 amide bonds. The number of carbonyl (C=O) groups is 1. The molecular formula is C26H24N4O3S. The maximum Gasteiger partial charge on any atom is 0.295 e. The molecule has 0 saturated carbocycles. The van der Waals surface area contributed by atoms with E-state index in [0.717, 1.165) is 28.3 Å². The number of nitrogens with zero attached hydrogens (tertiary/aromatic N) is 4. The Kier molecular flexibility index (Phi) is 5.53. The highest BCUT2D eigenvalue weighted by Crippen LogP contribution is 2.27. The quantitative estimate of drug-likeness (QED) is 0.257. The molecule has 5 rings (SSSR count). The number of aromatic nitrogens is 4. The van der Waals surface area contributed by atoms with Crippen LogP contribution >= 0.6 is 11.8 Å². The number of rotatable bonds is 6. The third-order valence-electron chi connectivity index (χ3n) is 6.08. The summed E-state index contributed by atoms with van der Waals surface area (Å²) in [7, 11) is 1.87. The van der Waals surface area contributed by atoms with Gasteiger partial charge in [0.1, 0.15) is 11.2 Å². The van der Waals surface area contributed by atoms with E-state index in [1.807, 2.05) is 97.7 Å². The van der Waals surface area contributed by atoms with Crippen LogP contribution < -0.4 is 5.56 Å². The summed E-state index contributed by atoms with van der Waals surface area (Å²) in [6.45, 7) is 5.71. The zero-order chi connectivity index (χ0) is 24.0. The molecule has 0 unspecified atom stereocenters. The molecule has 0 N–H and O–H groups in total. The fourth-order valence-corrected chi connectivity index (χ4v) is 5.04. The number of carbonyl (C=O) groups excluding carboxylic acids is 1. The van der Waals surface area contributed by atoms with Gasteiger partial charge in [0.15, 0.2) is 11.4 Å². The highest BCUT2D eigenvalue weighted by Gasteiger charge is 2.24. The Hall–Kier alpha value is -3.78. The van der Waals surface area contributed by atoms with Gasteiger partial charge in [-0.3, -0.25) is 14.3 Å². The SMILES string of the molecule is Cc1cc(C(=O)CSc2nc3ccccc3o2)c(C)n1-c1c(C)n(C)n(-c2ccccc2)c1=O. The summed E-state index contributed by atoms with van der Waals surface area (Å²) >= 11 is 1.27. The van der Waals surface area contributed by atoms with Crippen molar-refractivity contribution in [1.82, 2.24) is 18.9 Å². The number of Topliss-reactive ketones (excluding diaryl/α,β-unsaturated/α-hetero) is 1. The molecule has 2 aromatic carbocycles. The third kappa shape index (κ3) is 3.60. The number of hydrogen-bond acceptors (Lipinski definition) is 5. The molecule has 0 saturated heterocycles. The highest BCUT2D eigenvalue weighted by molar-refractivity contribution is 7.99. The molecule has 0 aliphatic carbocycles. The van der Waals surface area contributed by atoms with Crippen LogP contribution in [-0.2, 0) is 7.05 Å². The summed E-state index contributed by atoms with van der Waals surface area (Å²) in [6, 6.07) is 18.9. The van der Waals surface area contributed by atoms with Crippen molar-refractivity contribution >= 4 is 28.6 Å². The number of fused-ring (bicyclic) bond motifs is 1. The first-order chi connectivity index (χ1) is 16.4. The van der Waals surface area contributed by atoms with E-state index in [9.17, 15) is 9.59 Å². The van der Waals surface area contributed by atoms with Crippen LogP contribution in [0.2, 0.25) is 0 Å². The first-order valence-electron chi connectivity index (χ1n) is 10.9. The number of ketones is 1. The Morgan fingerprint density at radius 2 is 1.71 bits per heavy atom. The molecule has 5 aromatic rings. The number of benzene rings is 2. The summed E-state index contributed by atoms with van der Waals surface area (Å²) < 4.78 is 11.1. The van der Waals surface area contributed by atoms with Gasteiger partial charge in [0, 0.05) is 24.0 Å². The van der Waals surface area contributed by atoms with Crippen molar-refractivity contribution < 1.29 is 9.21 Å². The number of oxazole rings is 1. The molecule has 0 radical (unpaired) electrons. The second-order valence-corrected chi connectivity index (χ2v) is 9.12. The van der Waals surface area contributed by atoms with Crippen LogP contribution in [0.15, 0.2) is 75.1 Å². The highest BCUT2D eigenvalue weighted by atomic mass is 32.2. The lowest BCUT2D eigenvalue weighted by atomic mass is 10.2. The van der Waals surface area contributed by atoms with Gasteiger partial charge in [0.2, 0.25) is 0 Å². The zero-order valence-corrected chi connectivity index (χ0v) is 20.2. The average Bonchev–Trinajstić information content (AvgIpc) is 3.45. The van der Waals surface area contributed by atoms with Crippen LogP contribution in [-0.4, -0.2) is 30.5 Å². The summed E-state index contributed by atoms with van der Waals surface area (Å²) in [4.78, 5) is 31.1. The zero-order valence-electron chi connectivity index (χ0n) is 19.4. The lowest BCUT2D eigenvalue weighted by Crippen LogP contribution is -2.22. The lowest BCUT2D eigenvalue weighted by Gasteiger charge is -2.08. The molecule has 7 nitrogen and oxygen atoms in total. The Bertz CT molecular complexity index is 1550. The number of hydrogen-bond donors (Lipinski definition) is 0. The molecule has 0 spiro atoms. The summed E-state index contributed by atoms with van der Waals surface area (Å²) in [6.07, 6.45) is 0. The molecular weight excluding hydrogens is 448 g/mol. The third-order valence-corrected chi connectivity index (χ3v) is 6.91. The molecule has 0 bridgehead atoms. The Morgan fingerprint density at radius 3 is 2.44 bits per heavy atom. The number of thioether (sulfide) groups is 1. The van der Waals surface area contributed by atoms with Crippen molar-refractivity contribution in [2.75, 3.05) is 5.75 Å². The van der Waals surface area contributed by atoms with E-state index >= 15 is 0 Å². The van der Waals surface area contributed by atoms with Crippen molar-refractivity contribution in [2.45, 2.75) is 26.0 Å². The minimum atomic E-state index is -0.132. The van der Waals surface area contributed by atoms with Crippen LogP contribution in [0.25, 0.3) is 22.5 Å². The van der Waals surface area contributed by atoms with Crippen LogP contribution in [0.3, 0.4) is 0 Å². The molecule has 0 aliphatic rings. The van der Waals surface area contributed by atoms with Crippen molar-refractivity contribution in [3.8, 4) is 11.4 Å². The van der Waals surface area contributed by atoms with Gasteiger partial charge < -0.3 is 8.98 Å². The van der Waals surface area contributed by atoms with Crippen molar-refractivity contribution in [3.05, 3.63) is 93.7 Å². The molecule has 0 fully saturated rings. The first-order valence-corrected chi connectivity index (χ1v) is 11.9. The normalized spacial score (nSPS) is 11.4. The predicted molar refractivity (Wildman–Crippen MR) is 134 cm³/mol. The topological polar surface area (TPSA) is 75.0 Å². The van der Waals surface area contributed by atoms with Gasteiger partial charge in [-0.05, 0) is 51.1 Å². The van der Waals surface area contributed by atoms with Crippen molar-refractivity contribution in [3.63, 3.8) is 0 Å². The summed E-state index contributed by atoms with van der Waals surface area (Å²) in [5.74, 6) is 0.155. The van der Waals surface area contributed by atoms with Crippen molar-refractivity contribution in [1.29, 1.82) is 0 Å². The van der Waals surface area contributed by atoms with Gasteiger partial charge in [-0.15, -0.1) is 0 Å². The minimum absolute atomic E-state index is 0.0384. The Labute approximate surface area is 200 Å². The fraction of sp³-hybridized carbons (Fsp3) is 0.192. The van der Waals surface area contributed by atoms with Gasteiger partial charge in [0.05, 0.1) is 17.1 Å². The van der Waals surface area contributed by atoms with Gasteiger partial charge in [-0.2, -0.15) is 0 Å². The number of para-hydroxylation sites is 3. The Morgan fingerprint density at radius 1 is 1.00 bits per heavy atom. The van der Waals surface area contributed by atoms with Crippen LogP contribution in [0.1, 0.15) is 27.4 Å². The first kappa shape index (κ1) is 22.0. The van der Waals surface area contributed by atoms with E-state index in [1.54, 1.807) is 4.68 Å². The van der Waals surface area contributed by atoms with E-state index in [4.69, 9.17) is 4.42 Å². The van der Waals surface area contributed by atoms with Crippen LogP contribution in [0.4, 0.5) is 0 Å². The smallest absolute Gasteiger partial charge is 0.295 e. The van der Waals surface area contributed by atoms with E-state index in [1.165, 1.54) is 11.8 Å². The maximum atomic E-state index is 13.5. The van der Waals surface area contributed by atoms with E-state index in [2.05, 4.69) is 4.98 Å². The molecule has 3 aromatic heterocycles. The molecule has 0 atom stereocenters. The fourth-order valence-electron chi connectivity index (χ4n) is 4.32. The Balaban J connectivity index is 1.48.